The lowest BCUT2D eigenvalue weighted by atomic mass is 9.96. The molecule has 0 radical (unpaired) electrons. The molecule has 2 aliphatic heterocycles. The molecule has 2 saturated heterocycles. The molecule has 2 N–H and O–H groups in total. The van der Waals surface area contributed by atoms with Gasteiger partial charge < -0.3 is 20.3 Å². The maximum absolute atomic E-state index is 12.4. The Morgan fingerprint density at radius 2 is 1.74 bits per heavy atom. The molecule has 39 heavy (non-hydrogen) atoms. The Morgan fingerprint density at radius 1 is 0.949 bits per heavy atom. The van der Waals surface area contributed by atoms with Crippen LogP contribution in [0.15, 0.2) is 73.1 Å². The predicted molar refractivity (Wildman–Crippen MR) is 153 cm³/mol. The quantitative estimate of drug-likeness (QED) is 0.374. The number of anilines is 2. The zero-order chi connectivity index (χ0) is 26.4. The number of amides is 2. The predicted octanol–water partition coefficient (Wildman–Crippen LogP) is 4.29. The highest BCUT2D eigenvalue weighted by Crippen LogP contribution is 2.31. The van der Waals surface area contributed by atoms with E-state index in [-0.39, 0.29) is 6.03 Å². The van der Waals surface area contributed by atoms with Crippen LogP contribution >= 0.6 is 0 Å². The third kappa shape index (κ3) is 6.05. The van der Waals surface area contributed by atoms with Crippen molar-refractivity contribution < 1.29 is 9.53 Å². The minimum atomic E-state index is -0.254. The van der Waals surface area contributed by atoms with E-state index in [2.05, 4.69) is 49.7 Å². The van der Waals surface area contributed by atoms with Crippen molar-refractivity contribution in [2.75, 3.05) is 56.2 Å². The molecule has 0 spiro atoms. The van der Waals surface area contributed by atoms with Crippen LogP contribution in [0.4, 0.5) is 16.3 Å². The van der Waals surface area contributed by atoms with E-state index in [9.17, 15) is 4.79 Å². The van der Waals surface area contributed by atoms with Crippen molar-refractivity contribution in [1.82, 2.24) is 25.0 Å². The van der Waals surface area contributed by atoms with Crippen LogP contribution in [0.1, 0.15) is 18.4 Å². The molecule has 2 amide bonds. The average molecular weight is 526 g/mol. The van der Waals surface area contributed by atoms with Crippen molar-refractivity contribution in [1.29, 1.82) is 0 Å². The summed E-state index contributed by atoms with van der Waals surface area (Å²) < 4.78 is 7.52. The number of aromatic nitrogens is 3. The summed E-state index contributed by atoms with van der Waals surface area (Å²) in [6, 6.07) is 19.8. The number of benzene rings is 2. The largest absolute Gasteiger partial charge is 0.379 e. The SMILES string of the molecule is O=C(NCc1cccnc1)Nc1ccc(-n2nc(N3CCC(CN4CCOCC4)CC3)c3ccccc32)cc1. The number of hydrogen-bond acceptors (Lipinski definition) is 6. The Balaban J connectivity index is 1.11. The maximum Gasteiger partial charge on any atom is 0.319 e. The van der Waals surface area contributed by atoms with Crippen molar-refractivity contribution >= 4 is 28.4 Å². The zero-order valence-corrected chi connectivity index (χ0v) is 22.1. The van der Waals surface area contributed by atoms with Gasteiger partial charge in [-0.3, -0.25) is 9.88 Å². The summed E-state index contributed by atoms with van der Waals surface area (Å²) in [6.07, 6.45) is 5.82. The number of pyridine rings is 1. The van der Waals surface area contributed by atoms with Crippen molar-refractivity contribution in [2.24, 2.45) is 5.92 Å². The van der Waals surface area contributed by atoms with Gasteiger partial charge in [-0.25, -0.2) is 9.48 Å². The van der Waals surface area contributed by atoms with Gasteiger partial charge in [0.2, 0.25) is 0 Å². The number of morpholine rings is 1. The molecule has 2 aliphatic rings. The lowest BCUT2D eigenvalue weighted by molar-refractivity contribution is 0.0289. The van der Waals surface area contributed by atoms with Gasteiger partial charge in [-0.15, -0.1) is 5.10 Å². The Morgan fingerprint density at radius 3 is 2.51 bits per heavy atom. The second-order valence-electron chi connectivity index (χ2n) is 10.3. The fourth-order valence-electron chi connectivity index (χ4n) is 5.50. The maximum atomic E-state index is 12.4. The van der Waals surface area contributed by atoms with Gasteiger partial charge in [-0.05, 0) is 66.8 Å². The third-order valence-corrected chi connectivity index (χ3v) is 7.65. The first-order valence-corrected chi connectivity index (χ1v) is 13.8. The molecule has 0 aliphatic carbocycles. The van der Waals surface area contributed by atoms with Crippen LogP contribution in [0.2, 0.25) is 0 Å². The molecule has 2 aromatic heterocycles. The highest BCUT2D eigenvalue weighted by atomic mass is 16.5. The summed E-state index contributed by atoms with van der Waals surface area (Å²) in [5.74, 6) is 1.78. The Labute approximate surface area is 228 Å². The molecule has 0 saturated carbocycles. The number of nitrogens with zero attached hydrogens (tertiary/aromatic N) is 5. The number of ether oxygens (including phenoxy) is 1. The highest BCUT2D eigenvalue weighted by molar-refractivity contribution is 5.92. The smallest absolute Gasteiger partial charge is 0.319 e. The lowest BCUT2D eigenvalue weighted by Gasteiger charge is -2.36. The first-order chi connectivity index (χ1) is 19.2. The number of nitrogens with one attached hydrogen (secondary N) is 2. The van der Waals surface area contributed by atoms with Crippen molar-refractivity contribution in [3.63, 3.8) is 0 Å². The number of para-hydroxylation sites is 1. The summed E-state index contributed by atoms with van der Waals surface area (Å²) in [4.78, 5) is 21.4. The van der Waals surface area contributed by atoms with Crippen molar-refractivity contribution in [2.45, 2.75) is 19.4 Å². The van der Waals surface area contributed by atoms with Gasteiger partial charge >= 0.3 is 6.03 Å². The van der Waals surface area contributed by atoms with Gasteiger partial charge in [0.05, 0.1) is 24.4 Å². The summed E-state index contributed by atoms with van der Waals surface area (Å²) in [5, 5.41) is 12.0. The minimum absolute atomic E-state index is 0.254. The monoisotopic (exact) mass is 525 g/mol. The number of hydrogen-bond donors (Lipinski definition) is 2. The molecule has 9 heteroatoms. The van der Waals surface area contributed by atoms with Crippen LogP contribution in [-0.2, 0) is 11.3 Å². The van der Waals surface area contributed by atoms with E-state index in [1.807, 2.05) is 41.1 Å². The second kappa shape index (κ2) is 11.8. The molecule has 0 atom stereocenters. The first kappa shape index (κ1) is 25.3. The van der Waals surface area contributed by atoms with Gasteiger partial charge in [-0.1, -0.05) is 18.2 Å². The van der Waals surface area contributed by atoms with E-state index in [1.54, 1.807) is 12.4 Å². The van der Waals surface area contributed by atoms with Crippen LogP contribution in [-0.4, -0.2) is 71.6 Å². The van der Waals surface area contributed by atoms with Gasteiger partial charge in [0.15, 0.2) is 5.82 Å². The van der Waals surface area contributed by atoms with E-state index in [4.69, 9.17) is 9.84 Å². The van der Waals surface area contributed by atoms with E-state index in [0.29, 0.717) is 6.54 Å². The standard InChI is InChI=1S/C30H35N7O2/c38-30(32-21-24-4-3-13-31-20-24)33-25-7-9-26(10-8-25)37-28-6-2-1-5-27(28)29(34-37)36-14-11-23(12-15-36)22-35-16-18-39-19-17-35/h1-10,13,20,23H,11-12,14-19,21-22H2,(H2,32,33,38). The van der Waals surface area contributed by atoms with Gasteiger partial charge in [0, 0.05) is 62.7 Å². The average Bonchev–Trinajstić information content (AvgIpc) is 3.38. The number of rotatable bonds is 7. The molecule has 0 unspecified atom stereocenters. The van der Waals surface area contributed by atoms with E-state index in [1.165, 1.54) is 24.8 Å². The third-order valence-electron chi connectivity index (χ3n) is 7.65. The normalized spacial score (nSPS) is 16.9. The van der Waals surface area contributed by atoms with Gasteiger partial charge in [0.25, 0.3) is 0 Å². The molecule has 4 aromatic rings. The molecule has 2 fully saturated rings. The minimum Gasteiger partial charge on any atom is -0.379 e. The van der Waals surface area contributed by atoms with Crippen LogP contribution in [0.25, 0.3) is 16.6 Å². The molecular formula is C30H35N7O2. The van der Waals surface area contributed by atoms with Crippen LogP contribution < -0.4 is 15.5 Å². The lowest BCUT2D eigenvalue weighted by Crippen LogP contribution is -2.43. The number of urea groups is 1. The molecule has 0 bridgehead atoms. The Hall–Kier alpha value is -3.95. The van der Waals surface area contributed by atoms with E-state index in [0.717, 1.165) is 73.6 Å². The number of carbonyl (C=O) groups excluding carboxylic acids is 1. The zero-order valence-electron chi connectivity index (χ0n) is 22.1. The Bertz CT molecular complexity index is 1380. The van der Waals surface area contributed by atoms with Gasteiger partial charge in [0.1, 0.15) is 0 Å². The fourth-order valence-corrected chi connectivity index (χ4v) is 5.50. The molecule has 2 aromatic carbocycles. The topological polar surface area (TPSA) is 87.5 Å². The summed E-state index contributed by atoms with van der Waals surface area (Å²) in [7, 11) is 0. The first-order valence-electron chi connectivity index (χ1n) is 13.8. The summed E-state index contributed by atoms with van der Waals surface area (Å²) in [6.45, 7) is 7.47. The molecule has 4 heterocycles. The van der Waals surface area contributed by atoms with E-state index >= 15 is 0 Å². The van der Waals surface area contributed by atoms with Crippen LogP contribution in [0.5, 0.6) is 0 Å². The van der Waals surface area contributed by atoms with Crippen LogP contribution in [0.3, 0.4) is 0 Å². The molecule has 6 rings (SSSR count). The van der Waals surface area contributed by atoms with Crippen molar-refractivity contribution in [3.8, 4) is 5.69 Å². The molecule has 202 valence electrons. The number of piperidine rings is 1. The van der Waals surface area contributed by atoms with Crippen molar-refractivity contribution in [3.05, 3.63) is 78.6 Å². The highest BCUT2D eigenvalue weighted by Gasteiger charge is 2.25. The second-order valence-corrected chi connectivity index (χ2v) is 10.3. The Kier molecular flexibility index (Phi) is 7.69. The van der Waals surface area contributed by atoms with Gasteiger partial charge in [-0.2, -0.15) is 0 Å². The van der Waals surface area contributed by atoms with E-state index < -0.39 is 0 Å². The number of carbonyl (C=O) groups is 1. The molecule has 9 nitrogen and oxygen atoms in total. The summed E-state index contributed by atoms with van der Waals surface area (Å²) in [5.41, 5.74) is 3.71. The summed E-state index contributed by atoms with van der Waals surface area (Å²) >= 11 is 0. The fraction of sp³-hybridized carbons (Fsp3) is 0.367. The van der Waals surface area contributed by atoms with Crippen LogP contribution in [0, 0.1) is 5.92 Å². The molecular weight excluding hydrogens is 490 g/mol. The number of fused-ring (bicyclic) bond motifs is 1.